The van der Waals surface area contributed by atoms with E-state index in [1.165, 1.54) is 16.7 Å². The third kappa shape index (κ3) is 2.52. The van der Waals surface area contributed by atoms with E-state index in [0.29, 0.717) is 6.42 Å². The third-order valence-electron chi connectivity index (χ3n) is 4.47. The number of hydrogen-bond donors (Lipinski definition) is 1. The highest BCUT2D eigenvalue weighted by molar-refractivity contribution is 5.79. The number of rotatable bonds is 4. The molecule has 0 spiro atoms. The highest BCUT2D eigenvalue weighted by Gasteiger charge is 2.45. The van der Waals surface area contributed by atoms with Crippen LogP contribution in [0.25, 0.3) is 0 Å². The Morgan fingerprint density at radius 3 is 2.79 bits per heavy atom. The van der Waals surface area contributed by atoms with E-state index in [0.717, 1.165) is 25.9 Å². The van der Waals surface area contributed by atoms with Crippen molar-refractivity contribution in [2.75, 3.05) is 6.54 Å². The molecular weight excluding hydrogens is 238 g/mol. The van der Waals surface area contributed by atoms with Gasteiger partial charge >= 0.3 is 5.97 Å². The lowest BCUT2D eigenvalue weighted by Gasteiger charge is -2.34. The average Bonchev–Trinajstić information content (AvgIpc) is 2.78. The maximum atomic E-state index is 11.7. The summed E-state index contributed by atoms with van der Waals surface area (Å²) in [5, 5.41) is 9.59. The molecule has 104 valence electrons. The van der Waals surface area contributed by atoms with Crippen LogP contribution in [0.1, 0.15) is 42.9 Å². The van der Waals surface area contributed by atoms with E-state index in [9.17, 15) is 9.90 Å². The average molecular weight is 261 g/mol. The summed E-state index contributed by atoms with van der Waals surface area (Å²) in [7, 11) is 0. The van der Waals surface area contributed by atoms with Crippen molar-refractivity contribution in [2.45, 2.75) is 52.1 Å². The SMILES string of the molecule is CCC1(C(=O)O)CCCN1Cc1cc(C)ccc1C. The standard InChI is InChI=1S/C16H23NO2/c1-4-16(15(18)19)8-5-9-17(16)11-14-10-12(2)6-7-13(14)3/h6-7,10H,4-5,8-9,11H2,1-3H3,(H,18,19). The predicted molar refractivity (Wildman–Crippen MR) is 76.2 cm³/mol. The molecule has 1 aromatic rings. The van der Waals surface area contributed by atoms with Crippen molar-refractivity contribution in [3.63, 3.8) is 0 Å². The molecule has 2 rings (SSSR count). The van der Waals surface area contributed by atoms with Gasteiger partial charge in [-0.1, -0.05) is 30.7 Å². The fourth-order valence-corrected chi connectivity index (χ4v) is 3.13. The molecule has 0 amide bonds. The second-order valence-electron chi connectivity index (χ2n) is 5.65. The summed E-state index contributed by atoms with van der Waals surface area (Å²) in [5.41, 5.74) is 3.07. The van der Waals surface area contributed by atoms with Gasteiger partial charge in [-0.25, -0.2) is 0 Å². The zero-order valence-corrected chi connectivity index (χ0v) is 12.1. The second kappa shape index (κ2) is 5.33. The van der Waals surface area contributed by atoms with Crippen LogP contribution in [-0.2, 0) is 11.3 Å². The number of nitrogens with zero attached hydrogens (tertiary/aromatic N) is 1. The van der Waals surface area contributed by atoms with Crippen LogP contribution in [0, 0.1) is 13.8 Å². The van der Waals surface area contributed by atoms with Gasteiger partial charge in [0.1, 0.15) is 5.54 Å². The Hall–Kier alpha value is -1.35. The number of hydrogen-bond acceptors (Lipinski definition) is 2. The molecule has 19 heavy (non-hydrogen) atoms. The van der Waals surface area contributed by atoms with Gasteiger partial charge in [0.05, 0.1) is 0 Å². The van der Waals surface area contributed by atoms with Gasteiger partial charge < -0.3 is 5.11 Å². The van der Waals surface area contributed by atoms with Crippen LogP contribution < -0.4 is 0 Å². The van der Waals surface area contributed by atoms with Gasteiger partial charge in [-0.3, -0.25) is 9.69 Å². The molecule has 1 N–H and O–H groups in total. The highest BCUT2D eigenvalue weighted by atomic mass is 16.4. The Morgan fingerprint density at radius 1 is 1.42 bits per heavy atom. The molecule has 0 aliphatic carbocycles. The van der Waals surface area contributed by atoms with Crippen molar-refractivity contribution in [1.29, 1.82) is 0 Å². The van der Waals surface area contributed by atoms with Crippen LogP contribution >= 0.6 is 0 Å². The predicted octanol–water partition coefficient (Wildman–Crippen LogP) is 3.13. The van der Waals surface area contributed by atoms with Crippen LogP contribution in [0.3, 0.4) is 0 Å². The number of carboxylic acid groups (broad SMARTS) is 1. The molecular formula is C16H23NO2. The monoisotopic (exact) mass is 261 g/mol. The summed E-state index contributed by atoms with van der Waals surface area (Å²) in [6.07, 6.45) is 2.42. The first kappa shape index (κ1) is 14.1. The summed E-state index contributed by atoms with van der Waals surface area (Å²) >= 11 is 0. The molecule has 1 aliphatic rings. The lowest BCUT2D eigenvalue weighted by Crippen LogP contribution is -2.49. The quantitative estimate of drug-likeness (QED) is 0.905. The van der Waals surface area contributed by atoms with Crippen LogP contribution in [0.4, 0.5) is 0 Å². The lowest BCUT2D eigenvalue weighted by molar-refractivity contribution is -0.150. The fourth-order valence-electron chi connectivity index (χ4n) is 3.13. The van der Waals surface area contributed by atoms with E-state index in [2.05, 4.69) is 36.9 Å². The molecule has 0 radical (unpaired) electrons. The number of carboxylic acids is 1. The molecule has 3 nitrogen and oxygen atoms in total. The number of benzene rings is 1. The van der Waals surface area contributed by atoms with Gasteiger partial charge in [0.15, 0.2) is 0 Å². The molecule has 0 saturated carbocycles. The van der Waals surface area contributed by atoms with Gasteiger partial charge in [-0.2, -0.15) is 0 Å². The molecule has 1 aliphatic heterocycles. The summed E-state index contributed by atoms with van der Waals surface area (Å²) in [6.45, 7) is 7.78. The molecule has 1 fully saturated rings. The summed E-state index contributed by atoms with van der Waals surface area (Å²) in [4.78, 5) is 13.8. The van der Waals surface area contributed by atoms with E-state index in [-0.39, 0.29) is 0 Å². The maximum absolute atomic E-state index is 11.7. The van der Waals surface area contributed by atoms with E-state index in [1.807, 2.05) is 6.92 Å². The Morgan fingerprint density at radius 2 is 2.16 bits per heavy atom. The number of carbonyl (C=O) groups is 1. The van der Waals surface area contributed by atoms with Crippen molar-refractivity contribution < 1.29 is 9.90 Å². The van der Waals surface area contributed by atoms with Crippen LogP contribution in [0.15, 0.2) is 18.2 Å². The molecule has 1 saturated heterocycles. The lowest BCUT2D eigenvalue weighted by atomic mass is 9.92. The minimum absolute atomic E-state index is 0.657. The van der Waals surface area contributed by atoms with Gasteiger partial charge in [0, 0.05) is 6.54 Å². The normalized spacial score (nSPS) is 23.7. The highest BCUT2D eigenvalue weighted by Crippen LogP contribution is 2.34. The first-order chi connectivity index (χ1) is 8.99. The Bertz CT molecular complexity index is 484. The summed E-state index contributed by atoms with van der Waals surface area (Å²) in [6, 6.07) is 6.40. The minimum atomic E-state index is -0.669. The maximum Gasteiger partial charge on any atom is 0.324 e. The molecule has 1 aromatic carbocycles. The van der Waals surface area contributed by atoms with E-state index in [1.54, 1.807) is 0 Å². The minimum Gasteiger partial charge on any atom is -0.480 e. The Balaban J connectivity index is 2.27. The van der Waals surface area contributed by atoms with Crippen LogP contribution in [-0.4, -0.2) is 28.1 Å². The van der Waals surface area contributed by atoms with E-state index < -0.39 is 11.5 Å². The zero-order chi connectivity index (χ0) is 14.0. The third-order valence-corrected chi connectivity index (χ3v) is 4.47. The largest absolute Gasteiger partial charge is 0.480 e. The zero-order valence-electron chi connectivity index (χ0n) is 12.1. The van der Waals surface area contributed by atoms with Gasteiger partial charge in [0.2, 0.25) is 0 Å². The van der Waals surface area contributed by atoms with Gasteiger partial charge in [-0.05, 0) is 50.8 Å². The molecule has 3 heteroatoms. The van der Waals surface area contributed by atoms with Gasteiger partial charge in [0.25, 0.3) is 0 Å². The van der Waals surface area contributed by atoms with E-state index in [4.69, 9.17) is 0 Å². The molecule has 0 bridgehead atoms. The summed E-state index contributed by atoms with van der Waals surface area (Å²) in [5.74, 6) is -0.669. The van der Waals surface area contributed by atoms with E-state index >= 15 is 0 Å². The Kier molecular flexibility index (Phi) is 3.95. The first-order valence-corrected chi connectivity index (χ1v) is 7.04. The number of aliphatic carboxylic acids is 1. The van der Waals surface area contributed by atoms with Crippen molar-refractivity contribution in [1.82, 2.24) is 4.90 Å². The van der Waals surface area contributed by atoms with Crippen molar-refractivity contribution >= 4 is 5.97 Å². The van der Waals surface area contributed by atoms with Crippen LogP contribution in [0.2, 0.25) is 0 Å². The second-order valence-corrected chi connectivity index (χ2v) is 5.65. The Labute approximate surface area is 115 Å². The first-order valence-electron chi connectivity index (χ1n) is 7.04. The van der Waals surface area contributed by atoms with Crippen molar-refractivity contribution in [3.8, 4) is 0 Å². The smallest absolute Gasteiger partial charge is 0.324 e. The summed E-state index contributed by atoms with van der Waals surface area (Å²) < 4.78 is 0. The fraction of sp³-hybridized carbons (Fsp3) is 0.562. The topological polar surface area (TPSA) is 40.5 Å². The molecule has 1 heterocycles. The molecule has 0 aromatic heterocycles. The van der Waals surface area contributed by atoms with Crippen LogP contribution in [0.5, 0.6) is 0 Å². The molecule has 1 unspecified atom stereocenters. The molecule has 1 atom stereocenters. The number of likely N-dealkylation sites (tertiary alicyclic amines) is 1. The number of aryl methyl sites for hydroxylation is 2. The van der Waals surface area contributed by atoms with Crippen molar-refractivity contribution in [3.05, 3.63) is 34.9 Å². The van der Waals surface area contributed by atoms with Gasteiger partial charge in [-0.15, -0.1) is 0 Å². The van der Waals surface area contributed by atoms with Crippen molar-refractivity contribution in [2.24, 2.45) is 0 Å².